The maximum absolute atomic E-state index is 13.0. The van der Waals surface area contributed by atoms with Crippen LogP contribution in [0.3, 0.4) is 0 Å². The lowest BCUT2D eigenvalue weighted by Crippen LogP contribution is -2.55. The van der Waals surface area contributed by atoms with Crippen LogP contribution in [0.5, 0.6) is 0 Å². The van der Waals surface area contributed by atoms with Gasteiger partial charge in [0.05, 0.1) is 12.0 Å². The Morgan fingerprint density at radius 3 is 2.41 bits per heavy atom. The number of piperidine rings is 1. The second-order valence-electron chi connectivity index (χ2n) is 7.18. The number of hydrogen-bond acceptors (Lipinski definition) is 3. The Hall–Kier alpha value is -2.09. The number of likely N-dealkylation sites (tertiary alicyclic amines) is 1. The number of morpholine rings is 1. The molecule has 0 spiro atoms. The molecule has 8 heteroatoms. The van der Waals surface area contributed by atoms with E-state index in [1.54, 1.807) is 7.05 Å². The van der Waals surface area contributed by atoms with Crippen molar-refractivity contribution in [1.82, 2.24) is 9.80 Å². The standard InChI is InChI=1S/C19H23F3N2O3/c1-12-5-3-4-6-14(12)16-17(27-11-15(25)23(16)2)18(26)24-9-7-13(8-10-24)19(20,21)22/h3-6,13,16-17H,7-11H2,1-2H3/t16-,17+/m1/s1. The highest BCUT2D eigenvalue weighted by Gasteiger charge is 2.45. The van der Waals surface area contributed by atoms with Gasteiger partial charge in [-0.25, -0.2) is 0 Å². The van der Waals surface area contributed by atoms with Crippen molar-refractivity contribution >= 4 is 11.8 Å². The van der Waals surface area contributed by atoms with E-state index in [2.05, 4.69) is 0 Å². The molecule has 0 radical (unpaired) electrons. The van der Waals surface area contributed by atoms with Gasteiger partial charge in [-0.2, -0.15) is 13.2 Å². The Morgan fingerprint density at radius 1 is 1.19 bits per heavy atom. The van der Waals surface area contributed by atoms with Crippen molar-refractivity contribution in [2.45, 2.75) is 38.1 Å². The number of nitrogens with zero attached hydrogens (tertiary/aromatic N) is 2. The van der Waals surface area contributed by atoms with Gasteiger partial charge < -0.3 is 14.5 Å². The van der Waals surface area contributed by atoms with Crippen LogP contribution in [0.25, 0.3) is 0 Å². The number of rotatable bonds is 2. The van der Waals surface area contributed by atoms with Crippen molar-refractivity contribution in [3.63, 3.8) is 0 Å². The van der Waals surface area contributed by atoms with Gasteiger partial charge in [0, 0.05) is 20.1 Å². The maximum atomic E-state index is 13.0. The Bertz CT molecular complexity index is 714. The second-order valence-corrected chi connectivity index (χ2v) is 7.18. The Balaban J connectivity index is 1.80. The normalized spacial score (nSPS) is 25.0. The third-order valence-corrected chi connectivity index (χ3v) is 5.50. The number of ether oxygens (including phenoxy) is 1. The van der Waals surface area contributed by atoms with Crippen LogP contribution in [-0.4, -0.2) is 60.6 Å². The van der Waals surface area contributed by atoms with Crippen LogP contribution in [0.15, 0.2) is 24.3 Å². The van der Waals surface area contributed by atoms with E-state index in [-0.39, 0.29) is 44.4 Å². The van der Waals surface area contributed by atoms with E-state index in [0.29, 0.717) is 0 Å². The van der Waals surface area contributed by atoms with E-state index in [1.165, 1.54) is 9.80 Å². The lowest BCUT2D eigenvalue weighted by molar-refractivity contribution is -0.190. The fraction of sp³-hybridized carbons (Fsp3) is 0.579. The number of amides is 2. The summed E-state index contributed by atoms with van der Waals surface area (Å²) >= 11 is 0. The molecule has 2 heterocycles. The van der Waals surface area contributed by atoms with E-state index in [0.717, 1.165) is 11.1 Å². The molecule has 2 saturated heterocycles. The first kappa shape index (κ1) is 19.7. The number of benzene rings is 1. The summed E-state index contributed by atoms with van der Waals surface area (Å²) in [7, 11) is 1.62. The van der Waals surface area contributed by atoms with Crippen LogP contribution >= 0.6 is 0 Å². The minimum Gasteiger partial charge on any atom is -0.356 e. The lowest BCUT2D eigenvalue weighted by Gasteiger charge is -2.42. The number of likely N-dealkylation sites (N-methyl/N-ethyl adjacent to an activating group) is 1. The quantitative estimate of drug-likeness (QED) is 0.788. The third kappa shape index (κ3) is 3.95. The number of hydrogen-bond donors (Lipinski definition) is 0. The topological polar surface area (TPSA) is 49.9 Å². The van der Waals surface area contributed by atoms with Gasteiger partial charge in [0.1, 0.15) is 6.61 Å². The Kier molecular flexibility index (Phi) is 5.46. The molecule has 2 fully saturated rings. The molecule has 2 atom stereocenters. The fourth-order valence-electron chi connectivity index (χ4n) is 3.82. The van der Waals surface area contributed by atoms with E-state index in [9.17, 15) is 22.8 Å². The van der Waals surface area contributed by atoms with Crippen LogP contribution in [0.1, 0.15) is 30.0 Å². The zero-order chi connectivity index (χ0) is 19.8. The lowest BCUT2D eigenvalue weighted by atomic mass is 9.92. The molecule has 2 aliphatic rings. The highest BCUT2D eigenvalue weighted by atomic mass is 19.4. The van der Waals surface area contributed by atoms with Crippen LogP contribution in [0.4, 0.5) is 13.2 Å². The van der Waals surface area contributed by atoms with Gasteiger partial charge in [0.2, 0.25) is 5.91 Å². The first-order chi connectivity index (χ1) is 12.7. The summed E-state index contributed by atoms with van der Waals surface area (Å²) in [6.07, 6.45) is -5.36. The van der Waals surface area contributed by atoms with E-state index in [1.807, 2.05) is 31.2 Å². The van der Waals surface area contributed by atoms with Crippen molar-refractivity contribution in [2.75, 3.05) is 26.7 Å². The highest BCUT2D eigenvalue weighted by molar-refractivity contribution is 5.86. The zero-order valence-electron chi connectivity index (χ0n) is 15.3. The third-order valence-electron chi connectivity index (χ3n) is 5.50. The van der Waals surface area contributed by atoms with Gasteiger partial charge in [-0.3, -0.25) is 9.59 Å². The summed E-state index contributed by atoms with van der Waals surface area (Å²) in [4.78, 5) is 28.1. The molecule has 3 rings (SSSR count). The molecule has 1 aromatic carbocycles. The molecular formula is C19H23F3N2O3. The molecule has 0 aromatic heterocycles. The van der Waals surface area contributed by atoms with E-state index < -0.39 is 24.2 Å². The number of halogens is 3. The van der Waals surface area contributed by atoms with Crippen molar-refractivity contribution in [3.05, 3.63) is 35.4 Å². The molecule has 0 N–H and O–H groups in total. The molecule has 0 unspecified atom stereocenters. The van der Waals surface area contributed by atoms with Gasteiger partial charge >= 0.3 is 6.18 Å². The van der Waals surface area contributed by atoms with Gasteiger partial charge in [-0.1, -0.05) is 24.3 Å². The second kappa shape index (κ2) is 7.50. The average molecular weight is 384 g/mol. The number of carbonyl (C=O) groups is 2. The van der Waals surface area contributed by atoms with Crippen molar-refractivity contribution in [1.29, 1.82) is 0 Å². The molecule has 27 heavy (non-hydrogen) atoms. The number of carbonyl (C=O) groups excluding carboxylic acids is 2. The molecule has 0 saturated carbocycles. The molecular weight excluding hydrogens is 361 g/mol. The molecule has 1 aromatic rings. The van der Waals surface area contributed by atoms with Crippen molar-refractivity contribution < 1.29 is 27.5 Å². The monoisotopic (exact) mass is 384 g/mol. The van der Waals surface area contributed by atoms with E-state index >= 15 is 0 Å². The van der Waals surface area contributed by atoms with Crippen molar-refractivity contribution in [2.24, 2.45) is 5.92 Å². The zero-order valence-corrected chi connectivity index (χ0v) is 15.3. The largest absolute Gasteiger partial charge is 0.391 e. The van der Waals surface area contributed by atoms with Crippen molar-refractivity contribution in [3.8, 4) is 0 Å². The summed E-state index contributed by atoms with van der Waals surface area (Å²) < 4.78 is 44.2. The first-order valence-corrected chi connectivity index (χ1v) is 8.98. The van der Waals surface area contributed by atoms with Crippen LogP contribution in [0, 0.1) is 12.8 Å². The van der Waals surface area contributed by atoms with E-state index in [4.69, 9.17) is 4.74 Å². The molecule has 2 amide bonds. The van der Waals surface area contributed by atoms with Gasteiger partial charge in [0.25, 0.3) is 5.91 Å². The minimum absolute atomic E-state index is 0.0427. The number of aryl methyl sites for hydroxylation is 1. The summed E-state index contributed by atoms with van der Waals surface area (Å²) in [5.74, 6) is -1.96. The molecule has 2 aliphatic heterocycles. The predicted octanol–water partition coefficient (Wildman–Crippen LogP) is 2.69. The summed E-state index contributed by atoms with van der Waals surface area (Å²) in [6.45, 7) is 1.76. The summed E-state index contributed by atoms with van der Waals surface area (Å²) in [5, 5.41) is 0. The first-order valence-electron chi connectivity index (χ1n) is 8.98. The summed E-state index contributed by atoms with van der Waals surface area (Å²) in [6, 6.07) is 6.82. The van der Waals surface area contributed by atoms with Crippen LogP contribution in [0.2, 0.25) is 0 Å². The average Bonchev–Trinajstić information content (AvgIpc) is 2.63. The Labute approximate surface area is 156 Å². The van der Waals surface area contributed by atoms with Crippen LogP contribution < -0.4 is 0 Å². The predicted molar refractivity (Wildman–Crippen MR) is 91.8 cm³/mol. The van der Waals surface area contributed by atoms with Gasteiger partial charge in [0.15, 0.2) is 6.10 Å². The Morgan fingerprint density at radius 2 is 1.81 bits per heavy atom. The highest BCUT2D eigenvalue weighted by Crippen LogP contribution is 2.36. The van der Waals surface area contributed by atoms with Gasteiger partial charge in [-0.15, -0.1) is 0 Å². The molecule has 148 valence electrons. The molecule has 0 aliphatic carbocycles. The van der Waals surface area contributed by atoms with Gasteiger partial charge in [-0.05, 0) is 30.9 Å². The smallest absolute Gasteiger partial charge is 0.356 e. The maximum Gasteiger partial charge on any atom is 0.391 e. The minimum atomic E-state index is -4.23. The summed E-state index contributed by atoms with van der Waals surface area (Å²) in [5.41, 5.74) is 1.72. The molecule has 5 nitrogen and oxygen atoms in total. The molecule has 0 bridgehead atoms. The number of alkyl halides is 3. The van der Waals surface area contributed by atoms with Crippen LogP contribution in [-0.2, 0) is 14.3 Å². The fourth-order valence-corrected chi connectivity index (χ4v) is 3.82. The SMILES string of the molecule is Cc1ccccc1[C@@H]1[C@@H](C(=O)N2CCC(C(F)(F)F)CC2)OCC(=O)N1C.